The van der Waals surface area contributed by atoms with E-state index in [9.17, 15) is 19.3 Å². The topological polar surface area (TPSA) is 131 Å². The lowest BCUT2D eigenvalue weighted by Crippen LogP contribution is -2.42. The molecule has 38 heavy (non-hydrogen) atoms. The molecule has 0 saturated heterocycles. The Bertz CT molecular complexity index is 1300. The van der Waals surface area contributed by atoms with Gasteiger partial charge in [-0.15, -0.1) is 0 Å². The molecular weight excluding hydrogens is 491 g/mol. The number of benzene rings is 2. The largest absolute Gasteiger partial charge is 0.444 e. The van der Waals surface area contributed by atoms with Crippen molar-refractivity contribution in [1.82, 2.24) is 15.3 Å². The summed E-state index contributed by atoms with van der Waals surface area (Å²) in [6.07, 6.45) is 4.56. The summed E-state index contributed by atoms with van der Waals surface area (Å²) in [5.74, 6) is -0.252. The second kappa shape index (κ2) is 11.4. The fourth-order valence-electron chi connectivity index (χ4n) is 4.30. The lowest BCUT2D eigenvalue weighted by molar-refractivity contribution is -0.385. The molecular formula is C27H31FN6O4. The molecule has 1 amide bonds. The van der Waals surface area contributed by atoms with Gasteiger partial charge in [0.2, 0.25) is 5.95 Å². The molecule has 0 aliphatic heterocycles. The van der Waals surface area contributed by atoms with Crippen molar-refractivity contribution in [2.24, 2.45) is 0 Å². The van der Waals surface area contributed by atoms with E-state index < -0.39 is 22.4 Å². The van der Waals surface area contributed by atoms with Crippen LogP contribution in [0.3, 0.4) is 0 Å². The summed E-state index contributed by atoms with van der Waals surface area (Å²) in [4.78, 5) is 31.4. The van der Waals surface area contributed by atoms with Crippen LogP contribution in [0.15, 0.2) is 54.7 Å². The van der Waals surface area contributed by atoms with Crippen LogP contribution < -0.4 is 16.0 Å². The average Bonchev–Trinajstić information content (AvgIpc) is 2.86. The van der Waals surface area contributed by atoms with E-state index in [0.29, 0.717) is 17.3 Å². The van der Waals surface area contributed by atoms with Gasteiger partial charge in [-0.05, 0) is 64.7 Å². The van der Waals surface area contributed by atoms with E-state index in [-0.39, 0.29) is 23.5 Å². The first-order valence-electron chi connectivity index (χ1n) is 12.5. The maximum absolute atomic E-state index is 14.5. The number of para-hydroxylation sites is 1. The average molecular weight is 523 g/mol. The number of hydrogen-bond acceptors (Lipinski definition) is 8. The van der Waals surface area contributed by atoms with Crippen LogP contribution in [0.1, 0.15) is 46.5 Å². The van der Waals surface area contributed by atoms with Crippen LogP contribution >= 0.6 is 0 Å². The molecule has 0 bridgehead atoms. The number of nitro groups is 1. The fourth-order valence-corrected chi connectivity index (χ4v) is 4.30. The molecule has 1 aromatic heterocycles. The van der Waals surface area contributed by atoms with Gasteiger partial charge < -0.3 is 20.7 Å². The van der Waals surface area contributed by atoms with E-state index in [2.05, 4.69) is 25.9 Å². The molecule has 200 valence electrons. The van der Waals surface area contributed by atoms with Gasteiger partial charge in [0.1, 0.15) is 5.60 Å². The molecule has 0 spiro atoms. The number of non-ortho nitro benzene ring substituents is 1. The first-order chi connectivity index (χ1) is 18.1. The van der Waals surface area contributed by atoms with Gasteiger partial charge in [-0.3, -0.25) is 10.1 Å². The molecule has 0 unspecified atom stereocenters. The highest BCUT2D eigenvalue weighted by Gasteiger charge is 2.25. The third-order valence-corrected chi connectivity index (χ3v) is 6.07. The molecule has 4 rings (SSSR count). The molecule has 1 heterocycles. The van der Waals surface area contributed by atoms with Crippen LogP contribution in [-0.2, 0) is 4.74 Å². The zero-order valence-electron chi connectivity index (χ0n) is 21.5. The van der Waals surface area contributed by atoms with Crippen LogP contribution in [0.5, 0.6) is 0 Å². The number of nitrogens with zero attached hydrogens (tertiary/aromatic N) is 3. The van der Waals surface area contributed by atoms with Gasteiger partial charge in [-0.2, -0.15) is 0 Å². The van der Waals surface area contributed by atoms with Crippen molar-refractivity contribution < 1.29 is 18.8 Å². The number of anilines is 3. The number of carbonyl (C=O) groups is 1. The number of hydrogen-bond donors (Lipinski definition) is 3. The zero-order valence-corrected chi connectivity index (χ0v) is 21.5. The third kappa shape index (κ3) is 7.15. The Balaban J connectivity index is 1.41. The number of rotatable bonds is 7. The van der Waals surface area contributed by atoms with E-state index in [0.717, 1.165) is 37.3 Å². The molecule has 1 fully saturated rings. The number of alkyl carbamates (subject to hydrolysis) is 1. The van der Waals surface area contributed by atoms with Gasteiger partial charge >= 0.3 is 6.09 Å². The normalized spacial score (nSPS) is 17.4. The highest BCUT2D eigenvalue weighted by molar-refractivity contribution is 5.79. The SMILES string of the molecule is CC(C)(C)OC(=O)NC1CCC(Nc2nccc(-c3ccccc3Nc3ccc([N+](=O)[O-])cc3F)n2)CC1. The highest BCUT2D eigenvalue weighted by Crippen LogP contribution is 2.31. The number of carbonyl (C=O) groups excluding carboxylic acids is 1. The fraction of sp³-hybridized carbons (Fsp3) is 0.370. The summed E-state index contributed by atoms with van der Waals surface area (Å²) in [5.41, 5.74) is 1.22. The standard InChI is InChI=1S/C27H31FN6O4/c1-27(2,3)38-26(35)31-18-10-8-17(9-11-18)30-25-29-15-14-23(33-25)20-6-4-5-7-22(20)32-24-13-12-19(34(36)37)16-21(24)28/h4-7,12-18,32H,8-11H2,1-3H3,(H,31,35)(H,29,30,33). The van der Waals surface area contributed by atoms with Gasteiger partial charge in [-0.25, -0.2) is 19.2 Å². The Morgan fingerprint density at radius 3 is 2.45 bits per heavy atom. The quantitative estimate of drug-likeness (QED) is 0.248. The van der Waals surface area contributed by atoms with E-state index in [1.54, 1.807) is 24.4 Å². The van der Waals surface area contributed by atoms with Crippen molar-refractivity contribution in [3.63, 3.8) is 0 Å². The van der Waals surface area contributed by atoms with Crippen molar-refractivity contribution in [3.05, 3.63) is 70.7 Å². The van der Waals surface area contributed by atoms with Crippen molar-refractivity contribution in [2.75, 3.05) is 10.6 Å². The van der Waals surface area contributed by atoms with Crippen LogP contribution in [0.2, 0.25) is 0 Å². The lowest BCUT2D eigenvalue weighted by Gasteiger charge is -2.30. The van der Waals surface area contributed by atoms with E-state index in [4.69, 9.17) is 4.74 Å². The first kappa shape index (κ1) is 26.8. The summed E-state index contributed by atoms with van der Waals surface area (Å²) in [6.45, 7) is 5.51. The highest BCUT2D eigenvalue weighted by atomic mass is 19.1. The van der Waals surface area contributed by atoms with E-state index >= 15 is 0 Å². The third-order valence-electron chi connectivity index (χ3n) is 6.07. The molecule has 0 radical (unpaired) electrons. The number of nitro benzene ring substituents is 1. The van der Waals surface area contributed by atoms with Crippen molar-refractivity contribution >= 4 is 29.1 Å². The second-order valence-corrected chi connectivity index (χ2v) is 10.2. The van der Waals surface area contributed by atoms with Crippen LogP contribution in [0.4, 0.5) is 32.2 Å². The van der Waals surface area contributed by atoms with E-state index in [1.165, 1.54) is 12.1 Å². The Hall–Kier alpha value is -4.28. The smallest absolute Gasteiger partial charge is 0.407 e. The van der Waals surface area contributed by atoms with Crippen LogP contribution in [0.25, 0.3) is 11.3 Å². The van der Waals surface area contributed by atoms with Crippen LogP contribution in [0, 0.1) is 15.9 Å². The Kier molecular flexibility index (Phi) is 8.04. The Morgan fingerprint density at radius 1 is 1.05 bits per heavy atom. The van der Waals surface area contributed by atoms with Crippen molar-refractivity contribution in [1.29, 1.82) is 0 Å². The molecule has 1 aliphatic rings. The van der Waals surface area contributed by atoms with Crippen LogP contribution in [-0.4, -0.2) is 38.7 Å². The summed E-state index contributed by atoms with van der Waals surface area (Å²) in [6, 6.07) is 12.7. The van der Waals surface area contributed by atoms with Crippen molar-refractivity contribution in [2.45, 2.75) is 64.1 Å². The van der Waals surface area contributed by atoms with Crippen molar-refractivity contribution in [3.8, 4) is 11.3 Å². The van der Waals surface area contributed by atoms with Gasteiger partial charge in [0.25, 0.3) is 5.69 Å². The minimum Gasteiger partial charge on any atom is -0.444 e. The summed E-state index contributed by atoms with van der Waals surface area (Å²) in [5, 5.41) is 20.3. The number of nitrogens with one attached hydrogen (secondary N) is 3. The minimum atomic E-state index is -0.726. The van der Waals surface area contributed by atoms with Gasteiger partial charge in [-0.1, -0.05) is 18.2 Å². The molecule has 3 N–H and O–H groups in total. The number of ether oxygens (including phenoxy) is 1. The predicted molar refractivity (Wildman–Crippen MR) is 143 cm³/mol. The maximum atomic E-state index is 14.5. The van der Waals surface area contributed by atoms with Gasteiger partial charge in [0.15, 0.2) is 5.82 Å². The summed E-state index contributed by atoms with van der Waals surface area (Å²) >= 11 is 0. The Labute approximate surface area is 220 Å². The van der Waals surface area contributed by atoms with Gasteiger partial charge in [0.05, 0.1) is 22.4 Å². The summed E-state index contributed by atoms with van der Waals surface area (Å²) in [7, 11) is 0. The number of halogens is 1. The zero-order chi connectivity index (χ0) is 27.3. The molecule has 3 aromatic rings. The molecule has 2 aromatic carbocycles. The Morgan fingerprint density at radius 2 is 1.76 bits per heavy atom. The lowest BCUT2D eigenvalue weighted by atomic mass is 9.91. The molecule has 1 saturated carbocycles. The summed E-state index contributed by atoms with van der Waals surface area (Å²) < 4.78 is 19.8. The number of aromatic nitrogens is 2. The molecule has 11 heteroatoms. The molecule has 10 nitrogen and oxygen atoms in total. The minimum absolute atomic E-state index is 0.0629. The first-order valence-corrected chi connectivity index (χ1v) is 12.5. The van der Waals surface area contributed by atoms with Gasteiger partial charge in [0, 0.05) is 35.6 Å². The maximum Gasteiger partial charge on any atom is 0.407 e. The second-order valence-electron chi connectivity index (χ2n) is 10.2. The predicted octanol–water partition coefficient (Wildman–Crippen LogP) is 6.18. The molecule has 1 aliphatic carbocycles. The molecule has 0 atom stereocenters. The number of amides is 1. The monoisotopic (exact) mass is 522 g/mol. The van der Waals surface area contributed by atoms with E-state index in [1.807, 2.05) is 32.9 Å².